The topological polar surface area (TPSA) is 82.6 Å². The first-order valence-corrected chi connectivity index (χ1v) is 9.23. The number of amides is 1. The molecule has 0 bridgehead atoms. The van der Waals surface area contributed by atoms with Crippen LogP contribution in [0.3, 0.4) is 0 Å². The zero-order chi connectivity index (χ0) is 18.3. The van der Waals surface area contributed by atoms with Gasteiger partial charge >= 0.3 is 0 Å². The highest BCUT2D eigenvalue weighted by atomic mass is 16.5. The zero-order valence-electron chi connectivity index (χ0n) is 14.9. The second-order valence-corrected chi connectivity index (χ2v) is 7.47. The van der Waals surface area contributed by atoms with Gasteiger partial charge in [-0.05, 0) is 49.7 Å². The molecule has 1 saturated carbocycles. The molecule has 1 aliphatic carbocycles. The molecular formula is C20H24N2O4. The molecule has 6 nitrogen and oxygen atoms in total. The van der Waals surface area contributed by atoms with Crippen molar-refractivity contribution in [1.82, 2.24) is 9.88 Å². The Labute approximate surface area is 152 Å². The predicted octanol–water partition coefficient (Wildman–Crippen LogP) is 2.37. The van der Waals surface area contributed by atoms with Crippen molar-refractivity contribution in [2.45, 2.75) is 31.8 Å². The number of ether oxygens (including phenoxy) is 1. The highest BCUT2D eigenvalue weighted by molar-refractivity contribution is 6.44. The maximum Gasteiger partial charge on any atom is 0.295 e. The van der Waals surface area contributed by atoms with Gasteiger partial charge in [-0.25, -0.2) is 0 Å². The van der Waals surface area contributed by atoms with Crippen LogP contribution in [-0.4, -0.2) is 53.0 Å². The number of H-pyrrole nitrogens is 1. The normalized spacial score (nSPS) is 25.8. The van der Waals surface area contributed by atoms with Gasteiger partial charge in [0.1, 0.15) is 5.75 Å². The third-order valence-corrected chi connectivity index (χ3v) is 5.95. The molecule has 6 heteroatoms. The molecule has 1 amide bonds. The number of Topliss-reactive ketones (excluding diaryl/α,β-unsaturated/α-hetero) is 1. The van der Waals surface area contributed by atoms with Gasteiger partial charge in [-0.3, -0.25) is 9.59 Å². The molecule has 4 rings (SSSR count). The number of ketones is 1. The van der Waals surface area contributed by atoms with Crippen LogP contribution in [0, 0.1) is 11.8 Å². The van der Waals surface area contributed by atoms with Crippen LogP contribution in [0.25, 0.3) is 10.9 Å². The summed E-state index contributed by atoms with van der Waals surface area (Å²) in [7, 11) is 1.59. The largest absolute Gasteiger partial charge is 0.497 e. The molecule has 2 fully saturated rings. The molecular weight excluding hydrogens is 332 g/mol. The maximum atomic E-state index is 12.8. The summed E-state index contributed by atoms with van der Waals surface area (Å²) in [5, 5.41) is 10.6. The minimum atomic E-state index is -0.476. The number of hydrogen-bond acceptors (Lipinski definition) is 4. The lowest BCUT2D eigenvalue weighted by Gasteiger charge is -2.42. The zero-order valence-corrected chi connectivity index (χ0v) is 14.9. The van der Waals surface area contributed by atoms with Gasteiger partial charge in [0.2, 0.25) is 0 Å². The number of nitrogens with zero attached hydrogens (tertiary/aromatic N) is 1. The predicted molar refractivity (Wildman–Crippen MR) is 97.2 cm³/mol. The Hall–Kier alpha value is -2.34. The van der Waals surface area contributed by atoms with Crippen LogP contribution < -0.4 is 4.74 Å². The summed E-state index contributed by atoms with van der Waals surface area (Å²) in [4.78, 5) is 30.3. The van der Waals surface area contributed by atoms with Gasteiger partial charge in [-0.2, -0.15) is 0 Å². The standard InChI is InChI=1S/C20H24N2O4/c1-26-15-4-5-16-17(10-21-18(16)9-15)19(24)20(25)22-7-6-12-2-3-14(23)8-13(12)11-22/h4-5,9-10,12-14,21,23H,2-3,6-8,11H2,1H3. The number of aliphatic hydroxyl groups is 1. The van der Waals surface area contributed by atoms with Crippen molar-refractivity contribution in [3.05, 3.63) is 30.0 Å². The van der Waals surface area contributed by atoms with Crippen LogP contribution in [0.2, 0.25) is 0 Å². The average molecular weight is 356 g/mol. The third kappa shape index (κ3) is 2.98. The van der Waals surface area contributed by atoms with Gasteiger partial charge in [0.05, 0.1) is 18.8 Å². The molecule has 2 aromatic rings. The molecule has 3 atom stereocenters. The quantitative estimate of drug-likeness (QED) is 0.653. The second-order valence-electron chi connectivity index (χ2n) is 7.47. The van der Waals surface area contributed by atoms with Crippen molar-refractivity contribution < 1.29 is 19.4 Å². The van der Waals surface area contributed by atoms with Gasteiger partial charge in [-0.1, -0.05) is 0 Å². The number of aliphatic hydroxyl groups excluding tert-OH is 1. The Bertz CT molecular complexity index is 843. The fraction of sp³-hybridized carbons (Fsp3) is 0.500. The molecule has 0 radical (unpaired) electrons. The molecule has 26 heavy (non-hydrogen) atoms. The number of methoxy groups -OCH3 is 1. The number of carbonyl (C=O) groups excluding carboxylic acids is 2. The average Bonchev–Trinajstić information content (AvgIpc) is 3.09. The van der Waals surface area contributed by atoms with E-state index in [0.29, 0.717) is 36.2 Å². The van der Waals surface area contributed by atoms with Crippen LogP contribution in [0.15, 0.2) is 24.4 Å². The SMILES string of the molecule is COc1ccc2c(C(=O)C(=O)N3CCC4CCC(O)CC4C3)c[nH]c2c1. The number of hydrogen-bond donors (Lipinski definition) is 2. The van der Waals surface area contributed by atoms with E-state index in [4.69, 9.17) is 4.74 Å². The summed E-state index contributed by atoms with van der Waals surface area (Å²) in [6.07, 6.45) is 4.85. The van der Waals surface area contributed by atoms with Crippen LogP contribution >= 0.6 is 0 Å². The molecule has 2 N–H and O–H groups in total. The van der Waals surface area contributed by atoms with E-state index in [-0.39, 0.29) is 6.10 Å². The molecule has 0 spiro atoms. The van der Waals surface area contributed by atoms with Crippen LogP contribution in [0.5, 0.6) is 5.75 Å². The van der Waals surface area contributed by atoms with E-state index in [1.54, 1.807) is 30.3 Å². The summed E-state index contributed by atoms with van der Waals surface area (Å²) in [5.74, 6) is 0.647. The lowest BCUT2D eigenvalue weighted by molar-refractivity contribution is -0.130. The maximum absolute atomic E-state index is 12.8. The van der Waals surface area contributed by atoms with Gasteiger partial charge in [0, 0.05) is 36.3 Å². The number of aromatic nitrogens is 1. The number of likely N-dealkylation sites (tertiary alicyclic amines) is 1. The van der Waals surface area contributed by atoms with E-state index in [9.17, 15) is 14.7 Å². The number of piperidine rings is 1. The molecule has 1 aromatic carbocycles. The lowest BCUT2D eigenvalue weighted by atomic mass is 9.74. The summed E-state index contributed by atoms with van der Waals surface area (Å²) in [6, 6.07) is 5.40. The first-order chi connectivity index (χ1) is 12.6. The monoisotopic (exact) mass is 356 g/mol. The Balaban J connectivity index is 1.52. The van der Waals surface area contributed by atoms with Crippen molar-refractivity contribution in [2.24, 2.45) is 11.8 Å². The van der Waals surface area contributed by atoms with Gasteiger partial charge in [0.25, 0.3) is 11.7 Å². The minimum absolute atomic E-state index is 0.273. The fourth-order valence-corrected chi connectivity index (χ4v) is 4.47. The van der Waals surface area contributed by atoms with E-state index in [1.807, 2.05) is 6.07 Å². The van der Waals surface area contributed by atoms with E-state index in [1.165, 1.54) is 0 Å². The number of carbonyl (C=O) groups is 2. The smallest absolute Gasteiger partial charge is 0.295 e. The van der Waals surface area contributed by atoms with E-state index in [2.05, 4.69) is 4.98 Å². The second kappa shape index (κ2) is 6.76. The van der Waals surface area contributed by atoms with Crippen molar-refractivity contribution in [1.29, 1.82) is 0 Å². The first kappa shape index (κ1) is 17.1. The molecule has 2 heterocycles. The molecule has 1 aliphatic heterocycles. The summed E-state index contributed by atoms with van der Waals surface area (Å²) in [5.41, 5.74) is 1.17. The van der Waals surface area contributed by atoms with E-state index in [0.717, 1.165) is 36.6 Å². The van der Waals surface area contributed by atoms with Crippen LogP contribution in [0.4, 0.5) is 0 Å². The van der Waals surface area contributed by atoms with Gasteiger partial charge in [-0.15, -0.1) is 0 Å². The minimum Gasteiger partial charge on any atom is -0.497 e. The highest BCUT2D eigenvalue weighted by Gasteiger charge is 2.37. The molecule has 1 saturated heterocycles. The van der Waals surface area contributed by atoms with Crippen molar-refractivity contribution in [2.75, 3.05) is 20.2 Å². The number of nitrogens with one attached hydrogen (secondary N) is 1. The number of rotatable bonds is 3. The van der Waals surface area contributed by atoms with Crippen LogP contribution in [0.1, 0.15) is 36.0 Å². The van der Waals surface area contributed by atoms with E-state index >= 15 is 0 Å². The molecule has 138 valence electrons. The molecule has 3 unspecified atom stereocenters. The highest BCUT2D eigenvalue weighted by Crippen LogP contribution is 2.36. The van der Waals surface area contributed by atoms with Crippen molar-refractivity contribution >= 4 is 22.6 Å². The van der Waals surface area contributed by atoms with Crippen LogP contribution in [-0.2, 0) is 4.79 Å². The summed E-state index contributed by atoms with van der Waals surface area (Å²) < 4.78 is 5.19. The summed E-state index contributed by atoms with van der Waals surface area (Å²) in [6.45, 7) is 1.19. The fourth-order valence-electron chi connectivity index (χ4n) is 4.47. The summed E-state index contributed by atoms with van der Waals surface area (Å²) >= 11 is 0. The Morgan fingerprint density at radius 1 is 1.23 bits per heavy atom. The van der Waals surface area contributed by atoms with Crippen molar-refractivity contribution in [3.8, 4) is 5.75 Å². The third-order valence-electron chi connectivity index (χ3n) is 5.95. The molecule has 2 aliphatic rings. The Morgan fingerprint density at radius 2 is 2.08 bits per heavy atom. The number of benzene rings is 1. The van der Waals surface area contributed by atoms with E-state index < -0.39 is 11.7 Å². The van der Waals surface area contributed by atoms with Gasteiger partial charge < -0.3 is 19.7 Å². The Kier molecular flexibility index (Phi) is 4.44. The van der Waals surface area contributed by atoms with Gasteiger partial charge in [0.15, 0.2) is 0 Å². The lowest BCUT2D eigenvalue weighted by Crippen LogP contribution is -2.48. The first-order valence-electron chi connectivity index (χ1n) is 9.23. The molecule has 1 aromatic heterocycles. The Morgan fingerprint density at radius 3 is 2.88 bits per heavy atom. The van der Waals surface area contributed by atoms with Crippen molar-refractivity contribution in [3.63, 3.8) is 0 Å². The number of fused-ring (bicyclic) bond motifs is 2. The number of aromatic amines is 1.